The lowest BCUT2D eigenvalue weighted by atomic mass is 9.75. The molecule has 4 N–H and O–H groups in total. The number of methoxy groups -OCH3 is 2. The fraction of sp³-hybridized carbons (Fsp3) is 0.833. The number of hydrogen-bond acceptors (Lipinski definition) is 6. The third-order valence-electron chi connectivity index (χ3n) is 3.72. The van der Waals surface area contributed by atoms with Gasteiger partial charge in [-0.15, -0.1) is 0 Å². The van der Waals surface area contributed by atoms with Crippen molar-refractivity contribution in [2.45, 2.75) is 37.8 Å². The van der Waals surface area contributed by atoms with E-state index in [1.807, 2.05) is 0 Å². The van der Waals surface area contributed by atoms with Crippen molar-refractivity contribution >= 4 is 11.9 Å². The van der Waals surface area contributed by atoms with Gasteiger partial charge in [0.25, 0.3) is 0 Å². The molecular formula is C12H22N2O4. The maximum absolute atomic E-state index is 11.4. The van der Waals surface area contributed by atoms with Gasteiger partial charge in [0, 0.05) is 0 Å². The molecule has 0 spiro atoms. The second-order valence-electron chi connectivity index (χ2n) is 4.78. The van der Waals surface area contributed by atoms with Crippen LogP contribution < -0.4 is 11.5 Å². The highest BCUT2D eigenvalue weighted by atomic mass is 16.5. The van der Waals surface area contributed by atoms with Crippen molar-refractivity contribution in [1.29, 1.82) is 0 Å². The van der Waals surface area contributed by atoms with Gasteiger partial charge >= 0.3 is 11.9 Å². The van der Waals surface area contributed by atoms with Gasteiger partial charge in [0.2, 0.25) is 0 Å². The Balaban J connectivity index is 2.60. The van der Waals surface area contributed by atoms with E-state index in [-0.39, 0.29) is 11.8 Å². The molecule has 4 unspecified atom stereocenters. The summed E-state index contributed by atoms with van der Waals surface area (Å²) in [7, 11) is 2.64. The van der Waals surface area contributed by atoms with E-state index in [0.29, 0.717) is 6.42 Å². The molecule has 4 atom stereocenters. The summed E-state index contributed by atoms with van der Waals surface area (Å²) in [5.41, 5.74) is 11.7. The van der Waals surface area contributed by atoms with E-state index in [9.17, 15) is 9.59 Å². The third kappa shape index (κ3) is 3.43. The average molecular weight is 258 g/mol. The average Bonchev–Trinajstić information content (AvgIpc) is 2.43. The van der Waals surface area contributed by atoms with Crippen LogP contribution in [0.1, 0.15) is 25.7 Å². The van der Waals surface area contributed by atoms with Crippen LogP contribution in [0.25, 0.3) is 0 Å². The second-order valence-corrected chi connectivity index (χ2v) is 4.78. The Morgan fingerprint density at radius 2 is 1.39 bits per heavy atom. The van der Waals surface area contributed by atoms with Crippen LogP contribution in [0.3, 0.4) is 0 Å². The molecule has 0 heterocycles. The van der Waals surface area contributed by atoms with E-state index in [2.05, 4.69) is 9.47 Å². The lowest BCUT2D eigenvalue weighted by Crippen LogP contribution is -2.46. The molecule has 0 amide bonds. The summed E-state index contributed by atoms with van der Waals surface area (Å²) in [5.74, 6) is -0.779. The molecule has 0 aromatic rings. The van der Waals surface area contributed by atoms with Crippen LogP contribution >= 0.6 is 0 Å². The fourth-order valence-electron chi connectivity index (χ4n) is 2.58. The molecule has 0 aromatic heterocycles. The van der Waals surface area contributed by atoms with E-state index in [1.54, 1.807) is 0 Å². The molecule has 1 aliphatic rings. The third-order valence-corrected chi connectivity index (χ3v) is 3.72. The van der Waals surface area contributed by atoms with Crippen molar-refractivity contribution in [3.8, 4) is 0 Å². The molecule has 0 radical (unpaired) electrons. The first kappa shape index (κ1) is 14.9. The predicted molar refractivity (Wildman–Crippen MR) is 65.4 cm³/mol. The molecule has 6 heteroatoms. The van der Waals surface area contributed by atoms with Crippen molar-refractivity contribution in [2.24, 2.45) is 23.3 Å². The fourth-order valence-corrected chi connectivity index (χ4v) is 2.58. The first-order valence-electron chi connectivity index (χ1n) is 6.18. The molecular weight excluding hydrogens is 236 g/mol. The number of carbonyl (C=O) groups is 2. The summed E-state index contributed by atoms with van der Waals surface area (Å²) in [5, 5.41) is 0. The van der Waals surface area contributed by atoms with Crippen LogP contribution in [0.5, 0.6) is 0 Å². The first-order valence-corrected chi connectivity index (χ1v) is 6.18. The van der Waals surface area contributed by atoms with Crippen molar-refractivity contribution in [3.05, 3.63) is 0 Å². The molecule has 1 saturated carbocycles. The van der Waals surface area contributed by atoms with Gasteiger partial charge in [0.15, 0.2) is 0 Å². The number of ether oxygens (including phenoxy) is 2. The minimum atomic E-state index is -0.636. The van der Waals surface area contributed by atoms with Gasteiger partial charge in [-0.1, -0.05) is 6.42 Å². The van der Waals surface area contributed by atoms with Crippen LogP contribution in [0.15, 0.2) is 0 Å². The van der Waals surface area contributed by atoms with Gasteiger partial charge in [-0.3, -0.25) is 9.59 Å². The number of hydrogen-bond donors (Lipinski definition) is 2. The molecule has 18 heavy (non-hydrogen) atoms. The standard InChI is InChI=1S/C12H22N2O4/c1-17-11(15)9(13)7-4-3-5-8(6-7)10(14)12(16)18-2/h7-10H,3-6,13-14H2,1-2H3. The number of esters is 2. The van der Waals surface area contributed by atoms with Crippen LogP contribution in [0.2, 0.25) is 0 Å². The SMILES string of the molecule is COC(=O)C(N)C1CCCC(C(N)C(=O)OC)C1. The van der Waals surface area contributed by atoms with Crippen molar-refractivity contribution < 1.29 is 19.1 Å². The lowest BCUT2D eigenvalue weighted by molar-refractivity contribution is -0.144. The van der Waals surface area contributed by atoms with Crippen molar-refractivity contribution in [1.82, 2.24) is 0 Å². The Labute approximate surface area is 107 Å². The van der Waals surface area contributed by atoms with Crippen LogP contribution in [-0.4, -0.2) is 38.2 Å². The minimum absolute atomic E-state index is 0.0203. The molecule has 104 valence electrons. The van der Waals surface area contributed by atoms with Crippen LogP contribution in [-0.2, 0) is 19.1 Å². The summed E-state index contributed by atoms with van der Waals surface area (Å²) in [6.45, 7) is 0. The summed E-state index contributed by atoms with van der Waals surface area (Å²) in [6, 6.07) is -1.27. The summed E-state index contributed by atoms with van der Waals surface area (Å²) in [4.78, 5) is 22.8. The molecule has 1 fully saturated rings. The predicted octanol–water partition coefficient (Wildman–Crippen LogP) is -0.207. The molecule has 1 rings (SSSR count). The molecule has 0 saturated heterocycles. The van der Waals surface area contributed by atoms with Crippen LogP contribution in [0, 0.1) is 11.8 Å². The zero-order chi connectivity index (χ0) is 13.7. The highest BCUT2D eigenvalue weighted by Gasteiger charge is 2.35. The number of rotatable bonds is 4. The minimum Gasteiger partial charge on any atom is -0.468 e. The van der Waals surface area contributed by atoms with Crippen molar-refractivity contribution in [2.75, 3.05) is 14.2 Å². The topological polar surface area (TPSA) is 105 Å². The van der Waals surface area contributed by atoms with E-state index in [1.165, 1.54) is 14.2 Å². The second kappa shape index (κ2) is 6.70. The van der Waals surface area contributed by atoms with E-state index in [4.69, 9.17) is 11.5 Å². The first-order chi connectivity index (χ1) is 8.51. The Morgan fingerprint density at radius 1 is 1.00 bits per heavy atom. The maximum Gasteiger partial charge on any atom is 0.322 e. The van der Waals surface area contributed by atoms with E-state index in [0.717, 1.165) is 19.3 Å². The molecule has 6 nitrogen and oxygen atoms in total. The van der Waals surface area contributed by atoms with E-state index >= 15 is 0 Å². The number of nitrogens with two attached hydrogens (primary N) is 2. The highest BCUT2D eigenvalue weighted by Crippen LogP contribution is 2.32. The maximum atomic E-state index is 11.4. The Bertz CT molecular complexity index is 280. The Morgan fingerprint density at radius 3 is 1.72 bits per heavy atom. The van der Waals surface area contributed by atoms with Gasteiger partial charge in [-0.05, 0) is 31.1 Å². The van der Waals surface area contributed by atoms with Gasteiger partial charge < -0.3 is 20.9 Å². The molecule has 0 bridgehead atoms. The van der Waals surface area contributed by atoms with Gasteiger partial charge in [-0.25, -0.2) is 0 Å². The summed E-state index contributed by atoms with van der Waals surface area (Å²) < 4.78 is 9.29. The van der Waals surface area contributed by atoms with Gasteiger partial charge in [0.05, 0.1) is 14.2 Å². The Kier molecular flexibility index (Phi) is 5.55. The van der Waals surface area contributed by atoms with Crippen molar-refractivity contribution in [3.63, 3.8) is 0 Å². The summed E-state index contributed by atoms with van der Waals surface area (Å²) >= 11 is 0. The molecule has 0 aliphatic heterocycles. The monoisotopic (exact) mass is 258 g/mol. The Hall–Kier alpha value is -1.14. The smallest absolute Gasteiger partial charge is 0.322 e. The molecule has 0 aromatic carbocycles. The zero-order valence-corrected chi connectivity index (χ0v) is 10.9. The van der Waals surface area contributed by atoms with Crippen LogP contribution in [0.4, 0.5) is 0 Å². The zero-order valence-electron chi connectivity index (χ0n) is 10.9. The lowest BCUT2D eigenvalue weighted by Gasteiger charge is -2.33. The van der Waals surface area contributed by atoms with Gasteiger partial charge in [0.1, 0.15) is 12.1 Å². The van der Waals surface area contributed by atoms with Gasteiger partial charge in [-0.2, -0.15) is 0 Å². The molecule has 1 aliphatic carbocycles. The normalized spacial score (nSPS) is 27.1. The largest absolute Gasteiger partial charge is 0.468 e. The quantitative estimate of drug-likeness (QED) is 0.676. The van der Waals surface area contributed by atoms with E-state index < -0.39 is 24.0 Å². The highest BCUT2D eigenvalue weighted by molar-refractivity contribution is 5.76. The summed E-state index contributed by atoms with van der Waals surface area (Å²) in [6.07, 6.45) is 3.29. The number of carbonyl (C=O) groups excluding carboxylic acids is 2.